The molecule has 3 nitrogen and oxygen atoms in total. The van der Waals surface area contributed by atoms with Gasteiger partial charge in [-0.1, -0.05) is 18.9 Å². The van der Waals surface area contributed by atoms with E-state index < -0.39 is 0 Å². The van der Waals surface area contributed by atoms with Crippen molar-refractivity contribution in [3.8, 4) is 0 Å². The van der Waals surface area contributed by atoms with Crippen molar-refractivity contribution in [3.63, 3.8) is 0 Å². The molecule has 2 aromatic rings. The van der Waals surface area contributed by atoms with Gasteiger partial charge >= 0.3 is 0 Å². The highest BCUT2D eigenvalue weighted by atomic mass is 16.5. The van der Waals surface area contributed by atoms with Crippen LogP contribution in [0.4, 0.5) is 0 Å². The Kier molecular flexibility index (Phi) is 2.86. The van der Waals surface area contributed by atoms with Gasteiger partial charge in [-0.15, -0.1) is 0 Å². The molecule has 1 aliphatic carbocycles. The van der Waals surface area contributed by atoms with Crippen LogP contribution in [0.25, 0.3) is 10.9 Å². The van der Waals surface area contributed by atoms with Crippen molar-refractivity contribution in [2.75, 3.05) is 13.2 Å². The number of nitrogens with one attached hydrogen (secondary N) is 1. The largest absolute Gasteiger partial charge is 0.376 e. The van der Waals surface area contributed by atoms with Crippen molar-refractivity contribution in [3.05, 3.63) is 35.0 Å². The second-order valence-electron chi connectivity index (χ2n) is 6.34. The van der Waals surface area contributed by atoms with Crippen molar-refractivity contribution >= 4 is 10.9 Å². The number of benzene rings is 1. The first kappa shape index (κ1) is 12.4. The molecule has 0 bridgehead atoms. The number of aromatic amines is 1. The average Bonchev–Trinajstić information content (AvgIpc) is 3.12. The van der Waals surface area contributed by atoms with Crippen LogP contribution in [0.1, 0.15) is 42.5 Å². The molecule has 4 rings (SSSR count). The van der Waals surface area contributed by atoms with Crippen molar-refractivity contribution in [1.29, 1.82) is 0 Å². The molecule has 0 amide bonds. The van der Waals surface area contributed by atoms with Crippen LogP contribution in [0.5, 0.6) is 0 Å². The first-order chi connectivity index (χ1) is 9.82. The Morgan fingerprint density at radius 3 is 2.90 bits per heavy atom. The smallest absolute Gasteiger partial charge is 0.0740 e. The summed E-state index contributed by atoms with van der Waals surface area (Å²) in [7, 11) is 0. The van der Waals surface area contributed by atoms with E-state index in [0.29, 0.717) is 0 Å². The summed E-state index contributed by atoms with van der Waals surface area (Å²) in [6.45, 7) is 2.34. The molecule has 1 saturated carbocycles. The van der Waals surface area contributed by atoms with Crippen molar-refractivity contribution < 1.29 is 4.74 Å². The van der Waals surface area contributed by atoms with Gasteiger partial charge in [0.1, 0.15) is 0 Å². The quantitative estimate of drug-likeness (QED) is 0.881. The Hall–Kier alpha value is -1.32. The molecule has 3 N–H and O–H groups in total. The number of ether oxygens (including phenoxy) is 1. The highest BCUT2D eigenvalue weighted by molar-refractivity contribution is 5.85. The van der Waals surface area contributed by atoms with Gasteiger partial charge in [0, 0.05) is 40.5 Å². The Morgan fingerprint density at radius 1 is 1.25 bits per heavy atom. The van der Waals surface area contributed by atoms with Crippen molar-refractivity contribution in [1.82, 2.24) is 4.98 Å². The lowest BCUT2D eigenvalue weighted by Crippen LogP contribution is -2.31. The second kappa shape index (κ2) is 4.61. The van der Waals surface area contributed by atoms with E-state index in [4.69, 9.17) is 10.5 Å². The van der Waals surface area contributed by atoms with Gasteiger partial charge < -0.3 is 15.5 Å². The molecule has 0 spiro atoms. The summed E-state index contributed by atoms with van der Waals surface area (Å²) in [5.41, 5.74) is 11.7. The van der Waals surface area contributed by atoms with E-state index in [0.717, 1.165) is 26.2 Å². The van der Waals surface area contributed by atoms with Gasteiger partial charge in [-0.25, -0.2) is 0 Å². The molecule has 2 aliphatic rings. The number of nitrogens with two attached hydrogens (primary N) is 1. The van der Waals surface area contributed by atoms with Gasteiger partial charge in [0.2, 0.25) is 0 Å². The van der Waals surface area contributed by atoms with Gasteiger partial charge in [0.05, 0.1) is 13.2 Å². The first-order valence-electron chi connectivity index (χ1n) is 7.74. The van der Waals surface area contributed by atoms with Crippen LogP contribution in [0, 0.1) is 0 Å². The van der Waals surface area contributed by atoms with Crippen LogP contribution in [0.15, 0.2) is 18.2 Å². The summed E-state index contributed by atoms with van der Waals surface area (Å²) in [6, 6.07) is 6.89. The zero-order chi connectivity index (χ0) is 13.6. The SMILES string of the molecule is NCC1(c2ccc3[nH]c4c(c3c2)COCC4)CCCC1. The predicted molar refractivity (Wildman–Crippen MR) is 80.9 cm³/mol. The molecular formula is C17H22N2O. The lowest BCUT2D eigenvalue weighted by molar-refractivity contribution is 0.111. The zero-order valence-corrected chi connectivity index (χ0v) is 11.9. The van der Waals surface area contributed by atoms with Gasteiger partial charge in [-0.3, -0.25) is 0 Å². The number of hydrogen-bond acceptors (Lipinski definition) is 2. The van der Waals surface area contributed by atoms with E-state index >= 15 is 0 Å². The monoisotopic (exact) mass is 270 g/mol. The maximum atomic E-state index is 6.13. The summed E-state index contributed by atoms with van der Waals surface area (Å²) in [5, 5.41) is 1.34. The summed E-state index contributed by atoms with van der Waals surface area (Å²) in [6.07, 6.45) is 6.09. The lowest BCUT2D eigenvalue weighted by atomic mass is 9.78. The Bertz CT molecular complexity index is 638. The van der Waals surface area contributed by atoms with Gasteiger partial charge in [-0.2, -0.15) is 0 Å². The normalized spacial score (nSPS) is 21.2. The van der Waals surface area contributed by atoms with Crippen LogP contribution in [0.2, 0.25) is 0 Å². The molecule has 1 aromatic heterocycles. The predicted octanol–water partition coefficient (Wildman–Crippen LogP) is 3.01. The number of hydrogen-bond donors (Lipinski definition) is 2. The summed E-state index contributed by atoms with van der Waals surface area (Å²) in [4.78, 5) is 3.55. The maximum Gasteiger partial charge on any atom is 0.0740 e. The van der Waals surface area contributed by atoms with Crippen molar-refractivity contribution in [2.45, 2.75) is 44.1 Å². The zero-order valence-electron chi connectivity index (χ0n) is 11.9. The minimum atomic E-state index is 0.216. The molecular weight excluding hydrogens is 248 g/mol. The molecule has 0 radical (unpaired) electrons. The van der Waals surface area contributed by atoms with E-state index in [1.54, 1.807) is 0 Å². The van der Waals surface area contributed by atoms with Crippen LogP contribution in [-0.2, 0) is 23.2 Å². The molecule has 0 saturated heterocycles. The third-order valence-corrected chi connectivity index (χ3v) is 5.30. The minimum absolute atomic E-state index is 0.216. The Balaban J connectivity index is 1.85. The van der Waals surface area contributed by atoms with Gasteiger partial charge in [0.25, 0.3) is 0 Å². The molecule has 20 heavy (non-hydrogen) atoms. The summed E-state index contributed by atoms with van der Waals surface area (Å²) < 4.78 is 5.63. The minimum Gasteiger partial charge on any atom is -0.376 e. The van der Waals surface area contributed by atoms with Crippen LogP contribution in [0.3, 0.4) is 0 Å². The molecule has 1 aliphatic heterocycles. The summed E-state index contributed by atoms with van der Waals surface area (Å²) in [5.74, 6) is 0. The number of aromatic nitrogens is 1. The standard InChI is InChI=1S/C17H22N2O/c18-11-17(6-1-2-7-17)12-3-4-15-13(9-12)14-10-20-8-5-16(14)19-15/h3-4,9,19H,1-2,5-8,10-11,18H2. The van der Waals surface area contributed by atoms with E-state index in [1.165, 1.54) is 53.4 Å². The Labute approximate surface area is 119 Å². The third-order valence-electron chi connectivity index (χ3n) is 5.30. The molecule has 2 heterocycles. The molecule has 1 fully saturated rings. The van der Waals surface area contributed by atoms with Crippen molar-refractivity contribution in [2.24, 2.45) is 5.73 Å². The van der Waals surface area contributed by atoms with Crippen LogP contribution >= 0.6 is 0 Å². The first-order valence-corrected chi connectivity index (χ1v) is 7.74. The number of fused-ring (bicyclic) bond motifs is 3. The summed E-state index contributed by atoms with van der Waals surface area (Å²) >= 11 is 0. The number of rotatable bonds is 2. The molecule has 1 aromatic carbocycles. The van der Waals surface area contributed by atoms with Crippen LogP contribution in [-0.4, -0.2) is 18.1 Å². The molecule has 3 heteroatoms. The maximum absolute atomic E-state index is 6.13. The lowest BCUT2D eigenvalue weighted by Gasteiger charge is -2.28. The topological polar surface area (TPSA) is 51.0 Å². The molecule has 0 unspecified atom stereocenters. The van der Waals surface area contributed by atoms with Gasteiger partial charge in [0.15, 0.2) is 0 Å². The Morgan fingerprint density at radius 2 is 2.10 bits per heavy atom. The average molecular weight is 270 g/mol. The molecule has 106 valence electrons. The molecule has 0 atom stereocenters. The highest BCUT2D eigenvalue weighted by Gasteiger charge is 2.34. The fraction of sp³-hybridized carbons (Fsp3) is 0.529. The second-order valence-corrected chi connectivity index (χ2v) is 6.34. The van der Waals surface area contributed by atoms with E-state index in [9.17, 15) is 0 Å². The highest BCUT2D eigenvalue weighted by Crippen LogP contribution is 2.41. The third kappa shape index (κ3) is 1.73. The fourth-order valence-corrected chi connectivity index (χ4v) is 4.02. The van der Waals surface area contributed by atoms with Crippen LogP contribution < -0.4 is 5.73 Å². The van der Waals surface area contributed by atoms with E-state index in [-0.39, 0.29) is 5.41 Å². The van der Waals surface area contributed by atoms with Gasteiger partial charge in [-0.05, 0) is 30.5 Å². The number of H-pyrrole nitrogens is 1. The van der Waals surface area contributed by atoms with E-state index in [1.807, 2.05) is 0 Å². The van der Waals surface area contributed by atoms with E-state index in [2.05, 4.69) is 23.2 Å². The fourth-order valence-electron chi connectivity index (χ4n) is 4.02.